The van der Waals surface area contributed by atoms with Crippen molar-refractivity contribution < 1.29 is 9.53 Å². The molecule has 4 heteroatoms. The molecule has 4 nitrogen and oxygen atoms in total. The van der Waals surface area contributed by atoms with Crippen LogP contribution in [-0.4, -0.2) is 19.1 Å². The predicted octanol–water partition coefficient (Wildman–Crippen LogP) is 3.93. The smallest absolute Gasteiger partial charge is 0.239 e. The maximum Gasteiger partial charge on any atom is 0.239 e. The minimum Gasteiger partial charge on any atom is -0.487 e. The van der Waals surface area contributed by atoms with Gasteiger partial charge in [0.2, 0.25) is 5.91 Å². The lowest BCUT2D eigenvalue weighted by Crippen LogP contribution is -2.33. The predicted molar refractivity (Wildman–Crippen MR) is 98.2 cm³/mol. The Labute approximate surface area is 143 Å². The van der Waals surface area contributed by atoms with Crippen molar-refractivity contribution in [3.63, 3.8) is 0 Å². The Balaban J connectivity index is 1.92. The number of ether oxygens (including phenoxy) is 1. The van der Waals surface area contributed by atoms with Crippen LogP contribution in [0.2, 0.25) is 0 Å². The number of nitrogens with one attached hydrogen (secondary N) is 2. The zero-order chi connectivity index (χ0) is 17.2. The molecule has 0 heterocycles. The highest BCUT2D eigenvalue weighted by Gasteiger charge is 2.12. The van der Waals surface area contributed by atoms with E-state index in [1.165, 1.54) is 0 Å². The maximum atomic E-state index is 12.3. The Morgan fingerprint density at radius 1 is 1.17 bits per heavy atom. The van der Waals surface area contributed by atoms with Crippen LogP contribution in [-0.2, 0) is 4.79 Å². The largest absolute Gasteiger partial charge is 0.487 e. The first-order chi connectivity index (χ1) is 11.7. The van der Waals surface area contributed by atoms with E-state index in [2.05, 4.69) is 24.1 Å². The third-order valence-electron chi connectivity index (χ3n) is 3.63. The molecule has 2 aromatic rings. The van der Waals surface area contributed by atoms with E-state index in [1.807, 2.05) is 54.6 Å². The Hall–Kier alpha value is -2.75. The highest BCUT2D eigenvalue weighted by atomic mass is 16.5. The molecular weight excluding hydrogens is 300 g/mol. The normalized spacial score (nSPS) is 11.4. The zero-order valence-electron chi connectivity index (χ0n) is 14.0. The van der Waals surface area contributed by atoms with Gasteiger partial charge in [-0.1, -0.05) is 62.0 Å². The van der Waals surface area contributed by atoms with E-state index in [9.17, 15) is 4.79 Å². The molecule has 24 heavy (non-hydrogen) atoms. The number of para-hydroxylation sites is 2. The van der Waals surface area contributed by atoms with Gasteiger partial charge in [0, 0.05) is 0 Å². The molecule has 0 fully saturated rings. The standard InChI is InChI=1S/C20H24N2O2/c1-3-14-24-19-13-9-8-12-18(19)21-15-20(23)22-17(4-2)16-10-6-5-7-11-16/h3,5-13,17,21H,1,4,14-15H2,2H3,(H,22,23). The van der Waals surface area contributed by atoms with Gasteiger partial charge in [-0.05, 0) is 24.1 Å². The van der Waals surface area contributed by atoms with Crippen LogP contribution in [0.25, 0.3) is 0 Å². The quantitative estimate of drug-likeness (QED) is 0.687. The first kappa shape index (κ1) is 17.6. The van der Waals surface area contributed by atoms with Crippen molar-refractivity contribution >= 4 is 11.6 Å². The van der Waals surface area contributed by atoms with Gasteiger partial charge in [0.05, 0.1) is 18.3 Å². The van der Waals surface area contributed by atoms with Crippen molar-refractivity contribution in [3.8, 4) is 5.75 Å². The van der Waals surface area contributed by atoms with Crippen molar-refractivity contribution in [2.45, 2.75) is 19.4 Å². The Kier molecular flexibility index (Phi) is 6.90. The van der Waals surface area contributed by atoms with Crippen LogP contribution >= 0.6 is 0 Å². The fourth-order valence-electron chi connectivity index (χ4n) is 2.41. The van der Waals surface area contributed by atoms with Gasteiger partial charge in [0.1, 0.15) is 12.4 Å². The number of hydrogen-bond donors (Lipinski definition) is 2. The molecule has 1 unspecified atom stereocenters. The molecule has 0 aliphatic heterocycles. The van der Waals surface area contributed by atoms with E-state index < -0.39 is 0 Å². The van der Waals surface area contributed by atoms with Crippen LogP contribution in [0.15, 0.2) is 67.3 Å². The molecule has 0 spiro atoms. The molecule has 0 saturated carbocycles. The van der Waals surface area contributed by atoms with Crippen LogP contribution in [0.1, 0.15) is 24.9 Å². The van der Waals surface area contributed by atoms with Crippen molar-refractivity contribution in [2.24, 2.45) is 0 Å². The highest BCUT2D eigenvalue weighted by molar-refractivity contribution is 5.81. The molecule has 2 rings (SSSR count). The van der Waals surface area contributed by atoms with Gasteiger partial charge in [-0.15, -0.1) is 0 Å². The first-order valence-electron chi connectivity index (χ1n) is 8.15. The van der Waals surface area contributed by atoms with Gasteiger partial charge < -0.3 is 15.4 Å². The SMILES string of the molecule is C=CCOc1ccccc1NCC(=O)NC(CC)c1ccccc1. The summed E-state index contributed by atoms with van der Waals surface area (Å²) in [7, 11) is 0. The summed E-state index contributed by atoms with van der Waals surface area (Å²) in [6.07, 6.45) is 2.53. The second kappa shape index (κ2) is 9.40. The number of carbonyl (C=O) groups excluding carboxylic acids is 1. The topological polar surface area (TPSA) is 50.4 Å². The number of carbonyl (C=O) groups is 1. The van der Waals surface area contributed by atoms with Crippen molar-refractivity contribution in [2.75, 3.05) is 18.5 Å². The summed E-state index contributed by atoms with van der Waals surface area (Å²) in [6, 6.07) is 17.6. The molecule has 1 atom stereocenters. The number of amides is 1. The third kappa shape index (κ3) is 5.16. The van der Waals surface area contributed by atoms with Crippen LogP contribution < -0.4 is 15.4 Å². The van der Waals surface area contributed by atoms with Crippen LogP contribution in [0, 0.1) is 0 Å². The number of rotatable bonds is 9. The summed E-state index contributed by atoms with van der Waals surface area (Å²) in [5.74, 6) is 0.657. The fourth-order valence-corrected chi connectivity index (χ4v) is 2.41. The Bertz CT molecular complexity index is 656. The lowest BCUT2D eigenvalue weighted by Gasteiger charge is -2.18. The van der Waals surface area contributed by atoms with Crippen molar-refractivity contribution in [3.05, 3.63) is 72.8 Å². The van der Waals surface area contributed by atoms with E-state index in [-0.39, 0.29) is 18.5 Å². The second-order valence-corrected chi connectivity index (χ2v) is 5.39. The highest BCUT2D eigenvalue weighted by Crippen LogP contribution is 2.23. The maximum absolute atomic E-state index is 12.3. The molecule has 0 aliphatic carbocycles. The number of anilines is 1. The molecule has 0 aliphatic rings. The summed E-state index contributed by atoms with van der Waals surface area (Å²) in [5.41, 5.74) is 1.91. The van der Waals surface area contributed by atoms with Crippen LogP contribution in [0.5, 0.6) is 5.75 Å². The summed E-state index contributed by atoms with van der Waals surface area (Å²) in [6.45, 7) is 6.32. The van der Waals surface area contributed by atoms with Crippen molar-refractivity contribution in [1.82, 2.24) is 5.32 Å². The van der Waals surface area contributed by atoms with Gasteiger partial charge >= 0.3 is 0 Å². The second-order valence-electron chi connectivity index (χ2n) is 5.39. The lowest BCUT2D eigenvalue weighted by atomic mass is 10.0. The van der Waals surface area contributed by atoms with Crippen LogP contribution in [0.4, 0.5) is 5.69 Å². The third-order valence-corrected chi connectivity index (χ3v) is 3.63. The molecule has 2 aromatic carbocycles. The molecule has 0 saturated heterocycles. The van der Waals surface area contributed by atoms with Gasteiger partial charge in [0.25, 0.3) is 0 Å². The first-order valence-corrected chi connectivity index (χ1v) is 8.15. The molecule has 0 radical (unpaired) electrons. The monoisotopic (exact) mass is 324 g/mol. The van der Waals surface area contributed by atoms with Gasteiger partial charge in [-0.3, -0.25) is 4.79 Å². The Morgan fingerprint density at radius 3 is 2.58 bits per heavy atom. The van der Waals surface area contributed by atoms with Gasteiger partial charge in [-0.2, -0.15) is 0 Å². The average Bonchev–Trinajstić information content (AvgIpc) is 2.64. The molecule has 0 aromatic heterocycles. The molecular formula is C20H24N2O2. The molecule has 1 amide bonds. The molecule has 126 valence electrons. The molecule has 0 bridgehead atoms. The lowest BCUT2D eigenvalue weighted by molar-refractivity contribution is -0.120. The van der Waals surface area contributed by atoms with Crippen molar-refractivity contribution in [1.29, 1.82) is 0 Å². The zero-order valence-corrected chi connectivity index (χ0v) is 14.0. The van der Waals surface area contributed by atoms with E-state index in [0.29, 0.717) is 12.4 Å². The summed E-state index contributed by atoms with van der Waals surface area (Å²) in [5, 5.41) is 6.19. The van der Waals surface area contributed by atoms with Gasteiger partial charge in [0.15, 0.2) is 0 Å². The minimum atomic E-state index is -0.0516. The number of hydrogen-bond acceptors (Lipinski definition) is 3. The van der Waals surface area contributed by atoms with E-state index in [0.717, 1.165) is 17.7 Å². The minimum absolute atomic E-state index is 0.0211. The van der Waals surface area contributed by atoms with Crippen LogP contribution in [0.3, 0.4) is 0 Å². The molecule has 2 N–H and O–H groups in total. The van der Waals surface area contributed by atoms with E-state index >= 15 is 0 Å². The van der Waals surface area contributed by atoms with E-state index in [4.69, 9.17) is 4.74 Å². The average molecular weight is 324 g/mol. The number of benzene rings is 2. The summed E-state index contributed by atoms with van der Waals surface area (Å²) < 4.78 is 5.58. The fraction of sp³-hybridized carbons (Fsp3) is 0.250. The van der Waals surface area contributed by atoms with Gasteiger partial charge in [-0.25, -0.2) is 0 Å². The summed E-state index contributed by atoms with van der Waals surface area (Å²) in [4.78, 5) is 12.3. The summed E-state index contributed by atoms with van der Waals surface area (Å²) >= 11 is 0. The van der Waals surface area contributed by atoms with E-state index in [1.54, 1.807) is 6.08 Å². The Morgan fingerprint density at radius 2 is 1.88 bits per heavy atom.